The van der Waals surface area contributed by atoms with Gasteiger partial charge in [0.2, 0.25) is 0 Å². The van der Waals surface area contributed by atoms with Crippen LogP contribution in [0.3, 0.4) is 0 Å². The molecular formula is C21H23N3OS. The van der Waals surface area contributed by atoms with Crippen molar-refractivity contribution in [3.05, 3.63) is 63.5 Å². The number of piperazine rings is 1. The molecule has 134 valence electrons. The molecule has 0 bridgehead atoms. The van der Waals surface area contributed by atoms with Crippen LogP contribution in [0.4, 0.5) is 0 Å². The Bertz CT molecular complexity index is 928. The van der Waals surface area contributed by atoms with E-state index in [1.54, 1.807) is 11.3 Å². The lowest BCUT2D eigenvalue weighted by atomic mass is 10.0. The molecule has 1 amide bonds. The molecule has 4 rings (SSSR count). The van der Waals surface area contributed by atoms with E-state index >= 15 is 0 Å². The van der Waals surface area contributed by atoms with Crippen molar-refractivity contribution in [3.63, 3.8) is 0 Å². The lowest BCUT2D eigenvalue weighted by Gasteiger charge is -2.34. The number of pyridine rings is 1. The van der Waals surface area contributed by atoms with Crippen LogP contribution in [0.25, 0.3) is 10.9 Å². The molecule has 0 N–H and O–H groups in total. The fourth-order valence-corrected chi connectivity index (χ4v) is 4.30. The van der Waals surface area contributed by atoms with Gasteiger partial charge >= 0.3 is 0 Å². The van der Waals surface area contributed by atoms with Crippen molar-refractivity contribution in [3.8, 4) is 0 Å². The zero-order valence-corrected chi connectivity index (χ0v) is 16.1. The zero-order valence-electron chi connectivity index (χ0n) is 15.2. The first-order valence-electron chi connectivity index (χ1n) is 9.02. The molecule has 4 nitrogen and oxygen atoms in total. The monoisotopic (exact) mass is 365 g/mol. The van der Waals surface area contributed by atoms with E-state index in [1.165, 1.54) is 4.88 Å². The summed E-state index contributed by atoms with van der Waals surface area (Å²) in [5.41, 5.74) is 3.72. The summed E-state index contributed by atoms with van der Waals surface area (Å²) in [7, 11) is 0. The number of amides is 1. The van der Waals surface area contributed by atoms with Crippen LogP contribution in [0, 0.1) is 13.8 Å². The minimum Gasteiger partial charge on any atom is -0.336 e. The first kappa shape index (κ1) is 17.2. The summed E-state index contributed by atoms with van der Waals surface area (Å²) < 4.78 is 0. The molecule has 1 fully saturated rings. The Morgan fingerprint density at radius 1 is 1.12 bits per heavy atom. The second-order valence-corrected chi connectivity index (χ2v) is 8.01. The van der Waals surface area contributed by atoms with E-state index in [9.17, 15) is 4.79 Å². The molecular weight excluding hydrogens is 342 g/mol. The number of fused-ring (bicyclic) bond motifs is 1. The third-order valence-electron chi connectivity index (χ3n) is 4.94. The van der Waals surface area contributed by atoms with E-state index in [-0.39, 0.29) is 5.91 Å². The van der Waals surface area contributed by atoms with Gasteiger partial charge in [-0.3, -0.25) is 14.7 Å². The highest BCUT2D eigenvalue weighted by Gasteiger charge is 2.24. The molecule has 1 aliphatic heterocycles. The highest BCUT2D eigenvalue weighted by atomic mass is 32.1. The van der Waals surface area contributed by atoms with Gasteiger partial charge in [-0.25, -0.2) is 0 Å². The molecule has 0 saturated carbocycles. The van der Waals surface area contributed by atoms with Crippen molar-refractivity contribution < 1.29 is 4.79 Å². The molecule has 1 aromatic carbocycles. The summed E-state index contributed by atoms with van der Waals surface area (Å²) in [6.45, 7) is 8.38. The number of hydrogen-bond donors (Lipinski definition) is 0. The van der Waals surface area contributed by atoms with E-state index in [0.29, 0.717) is 0 Å². The molecule has 0 radical (unpaired) electrons. The predicted octanol–water partition coefficient (Wildman–Crippen LogP) is 3.87. The first-order chi connectivity index (χ1) is 12.6. The summed E-state index contributed by atoms with van der Waals surface area (Å²) in [4.78, 5) is 23.6. The van der Waals surface area contributed by atoms with Crippen molar-refractivity contribution in [1.29, 1.82) is 0 Å². The summed E-state index contributed by atoms with van der Waals surface area (Å²) in [5, 5.41) is 3.08. The van der Waals surface area contributed by atoms with Crippen LogP contribution in [0.1, 0.15) is 26.5 Å². The minimum absolute atomic E-state index is 0.127. The minimum atomic E-state index is 0.127. The second kappa shape index (κ2) is 7.17. The highest BCUT2D eigenvalue weighted by molar-refractivity contribution is 7.09. The maximum absolute atomic E-state index is 13.2. The van der Waals surface area contributed by atoms with Crippen LogP contribution in [0.2, 0.25) is 0 Å². The van der Waals surface area contributed by atoms with E-state index in [4.69, 9.17) is 0 Å². The second-order valence-electron chi connectivity index (χ2n) is 6.98. The van der Waals surface area contributed by atoms with Crippen LogP contribution in [-0.2, 0) is 6.54 Å². The SMILES string of the molecule is Cc1ccc2nc(C)cc(C(=O)N3CCN(Cc4cccs4)CC3)c2c1. The maximum Gasteiger partial charge on any atom is 0.254 e. The van der Waals surface area contributed by atoms with Crippen molar-refractivity contribution in [2.24, 2.45) is 0 Å². The van der Waals surface area contributed by atoms with Gasteiger partial charge in [-0.15, -0.1) is 11.3 Å². The van der Waals surface area contributed by atoms with Crippen LogP contribution in [0.15, 0.2) is 41.8 Å². The van der Waals surface area contributed by atoms with E-state index in [2.05, 4.69) is 40.4 Å². The largest absolute Gasteiger partial charge is 0.336 e. The van der Waals surface area contributed by atoms with Gasteiger partial charge in [0, 0.05) is 48.7 Å². The molecule has 0 unspecified atom stereocenters. The Morgan fingerprint density at radius 2 is 1.92 bits per heavy atom. The molecule has 0 spiro atoms. The number of carbonyl (C=O) groups is 1. The molecule has 0 aliphatic carbocycles. The number of rotatable bonds is 3. The topological polar surface area (TPSA) is 36.4 Å². The lowest BCUT2D eigenvalue weighted by molar-refractivity contribution is 0.0631. The van der Waals surface area contributed by atoms with Crippen molar-refractivity contribution >= 4 is 28.1 Å². The van der Waals surface area contributed by atoms with Crippen LogP contribution in [-0.4, -0.2) is 46.9 Å². The molecule has 0 atom stereocenters. The van der Waals surface area contributed by atoms with Crippen molar-refractivity contribution in [2.45, 2.75) is 20.4 Å². The Balaban J connectivity index is 1.52. The Kier molecular flexibility index (Phi) is 4.74. The average molecular weight is 366 g/mol. The summed E-state index contributed by atoms with van der Waals surface area (Å²) in [5.74, 6) is 0.127. The standard InChI is InChI=1S/C21H23N3OS/c1-15-5-6-20-18(12-15)19(13-16(2)22-20)21(25)24-9-7-23(8-10-24)14-17-4-3-11-26-17/h3-6,11-13H,7-10,14H2,1-2H3. The van der Waals surface area contributed by atoms with Crippen LogP contribution < -0.4 is 0 Å². The number of carbonyl (C=O) groups excluding carboxylic acids is 1. The number of aryl methyl sites for hydroxylation is 2. The first-order valence-corrected chi connectivity index (χ1v) is 9.90. The molecule has 5 heteroatoms. The van der Waals surface area contributed by atoms with Gasteiger partial charge in [0.05, 0.1) is 11.1 Å². The Hall–Kier alpha value is -2.24. The normalized spacial score (nSPS) is 15.5. The quantitative estimate of drug-likeness (QED) is 0.707. The summed E-state index contributed by atoms with van der Waals surface area (Å²) in [6.07, 6.45) is 0. The third-order valence-corrected chi connectivity index (χ3v) is 5.80. The van der Waals surface area contributed by atoms with E-state index in [0.717, 1.165) is 60.4 Å². The van der Waals surface area contributed by atoms with Gasteiger partial charge in [-0.05, 0) is 43.5 Å². The molecule has 1 aliphatic rings. The predicted molar refractivity (Wildman–Crippen MR) is 107 cm³/mol. The molecule has 2 aromatic heterocycles. The van der Waals surface area contributed by atoms with E-state index in [1.807, 2.05) is 30.0 Å². The zero-order chi connectivity index (χ0) is 18.1. The lowest BCUT2D eigenvalue weighted by Crippen LogP contribution is -2.48. The fraction of sp³-hybridized carbons (Fsp3) is 0.333. The molecule has 26 heavy (non-hydrogen) atoms. The van der Waals surface area contributed by atoms with E-state index < -0.39 is 0 Å². The summed E-state index contributed by atoms with van der Waals surface area (Å²) >= 11 is 1.80. The van der Waals surface area contributed by atoms with Gasteiger partial charge in [0.15, 0.2) is 0 Å². The fourth-order valence-electron chi connectivity index (χ4n) is 3.55. The van der Waals surface area contributed by atoms with Gasteiger partial charge in [-0.1, -0.05) is 17.7 Å². The number of aromatic nitrogens is 1. The third kappa shape index (κ3) is 3.50. The van der Waals surface area contributed by atoms with Crippen LogP contribution >= 0.6 is 11.3 Å². The molecule has 3 aromatic rings. The van der Waals surface area contributed by atoms with Gasteiger partial charge in [0.25, 0.3) is 5.91 Å². The van der Waals surface area contributed by atoms with Crippen molar-refractivity contribution in [1.82, 2.24) is 14.8 Å². The maximum atomic E-state index is 13.2. The molecule has 1 saturated heterocycles. The number of benzene rings is 1. The smallest absolute Gasteiger partial charge is 0.254 e. The molecule has 3 heterocycles. The Labute approximate surface area is 158 Å². The van der Waals surface area contributed by atoms with Gasteiger partial charge < -0.3 is 4.90 Å². The number of nitrogens with zero attached hydrogens (tertiary/aromatic N) is 3. The summed E-state index contributed by atoms with van der Waals surface area (Å²) in [6, 6.07) is 12.3. The van der Waals surface area contributed by atoms with Gasteiger partial charge in [0.1, 0.15) is 0 Å². The number of thiophene rings is 1. The number of hydrogen-bond acceptors (Lipinski definition) is 4. The highest BCUT2D eigenvalue weighted by Crippen LogP contribution is 2.22. The van der Waals surface area contributed by atoms with Gasteiger partial charge in [-0.2, -0.15) is 0 Å². The Morgan fingerprint density at radius 3 is 2.65 bits per heavy atom. The average Bonchev–Trinajstić information content (AvgIpc) is 3.14. The van der Waals surface area contributed by atoms with Crippen molar-refractivity contribution in [2.75, 3.05) is 26.2 Å². The van der Waals surface area contributed by atoms with Crippen LogP contribution in [0.5, 0.6) is 0 Å².